The second kappa shape index (κ2) is 5.61. The number of esters is 1. The summed E-state index contributed by atoms with van der Waals surface area (Å²) in [7, 11) is 1.21. The summed E-state index contributed by atoms with van der Waals surface area (Å²) in [4.78, 5) is 25.5. The third-order valence-corrected chi connectivity index (χ3v) is 2.60. The molecule has 0 spiro atoms. The number of nitro groups is 1. The monoisotopic (exact) mass is 268 g/mol. The van der Waals surface area contributed by atoms with Crippen molar-refractivity contribution in [2.24, 2.45) is 0 Å². The predicted molar refractivity (Wildman–Crippen MR) is 62.1 cm³/mol. The second-order valence-corrected chi connectivity index (χ2v) is 3.87. The summed E-state index contributed by atoms with van der Waals surface area (Å²) in [5.74, 6) is -0.870. The average Bonchev–Trinajstić information content (AvgIpc) is 2.90. The smallest absolute Gasteiger partial charge is 0.356 e. The number of nitrogens with zero attached hydrogens (tertiary/aromatic N) is 2. The Morgan fingerprint density at radius 2 is 2.37 bits per heavy atom. The SMILES string of the molecule is COC(=O)c1ccc([N+](=O)[O-])c(OC2CCOC2)n1. The molecule has 8 nitrogen and oxygen atoms in total. The minimum absolute atomic E-state index is 0.0398. The molecule has 102 valence electrons. The summed E-state index contributed by atoms with van der Waals surface area (Å²) in [6.07, 6.45) is 0.334. The van der Waals surface area contributed by atoms with Crippen molar-refractivity contribution in [1.29, 1.82) is 0 Å². The lowest BCUT2D eigenvalue weighted by atomic mass is 10.3. The molecular weight excluding hydrogens is 256 g/mol. The highest BCUT2D eigenvalue weighted by molar-refractivity contribution is 5.87. The van der Waals surface area contributed by atoms with Gasteiger partial charge >= 0.3 is 11.7 Å². The lowest BCUT2D eigenvalue weighted by Crippen LogP contribution is -2.18. The molecule has 0 saturated carbocycles. The summed E-state index contributed by atoms with van der Waals surface area (Å²) in [5.41, 5.74) is -0.332. The molecule has 2 rings (SSSR count). The van der Waals surface area contributed by atoms with E-state index in [9.17, 15) is 14.9 Å². The van der Waals surface area contributed by atoms with Crippen molar-refractivity contribution in [3.05, 3.63) is 27.9 Å². The number of aromatic nitrogens is 1. The fraction of sp³-hybridized carbons (Fsp3) is 0.455. The van der Waals surface area contributed by atoms with E-state index in [1.165, 1.54) is 19.2 Å². The van der Waals surface area contributed by atoms with Gasteiger partial charge in [-0.05, 0) is 6.07 Å². The van der Waals surface area contributed by atoms with Crippen molar-refractivity contribution < 1.29 is 23.9 Å². The number of ether oxygens (including phenoxy) is 3. The van der Waals surface area contributed by atoms with Gasteiger partial charge in [0.05, 0.1) is 25.2 Å². The maximum absolute atomic E-state index is 11.3. The summed E-state index contributed by atoms with van der Waals surface area (Å²) < 4.78 is 15.0. The van der Waals surface area contributed by atoms with Crippen LogP contribution in [-0.2, 0) is 9.47 Å². The first-order chi connectivity index (χ1) is 9.11. The zero-order valence-corrected chi connectivity index (χ0v) is 10.2. The Labute approximate surface area is 108 Å². The first kappa shape index (κ1) is 13.2. The standard InChI is InChI=1S/C11H12N2O6/c1-17-11(14)8-2-3-9(13(15)16)10(12-8)19-7-4-5-18-6-7/h2-3,7H,4-6H2,1H3. The molecule has 0 aliphatic carbocycles. The molecule has 1 fully saturated rings. The Balaban J connectivity index is 2.29. The molecule has 0 bridgehead atoms. The van der Waals surface area contributed by atoms with Crippen LogP contribution in [0.15, 0.2) is 12.1 Å². The highest BCUT2D eigenvalue weighted by atomic mass is 16.6. The molecule has 1 saturated heterocycles. The van der Waals surface area contributed by atoms with E-state index in [-0.39, 0.29) is 23.4 Å². The number of carbonyl (C=O) groups excluding carboxylic acids is 1. The van der Waals surface area contributed by atoms with E-state index in [1.54, 1.807) is 0 Å². The molecule has 19 heavy (non-hydrogen) atoms. The van der Waals surface area contributed by atoms with Crippen LogP contribution in [0.3, 0.4) is 0 Å². The van der Waals surface area contributed by atoms with E-state index >= 15 is 0 Å². The molecule has 0 N–H and O–H groups in total. The van der Waals surface area contributed by atoms with Crippen molar-refractivity contribution in [2.45, 2.75) is 12.5 Å². The molecule has 0 amide bonds. The van der Waals surface area contributed by atoms with Crippen LogP contribution in [0.1, 0.15) is 16.9 Å². The molecule has 1 aromatic rings. The van der Waals surface area contributed by atoms with Gasteiger partial charge in [-0.25, -0.2) is 9.78 Å². The van der Waals surface area contributed by atoms with Crippen molar-refractivity contribution in [3.63, 3.8) is 0 Å². The highest BCUT2D eigenvalue weighted by Crippen LogP contribution is 2.27. The van der Waals surface area contributed by atoms with E-state index in [1.807, 2.05) is 0 Å². The highest BCUT2D eigenvalue weighted by Gasteiger charge is 2.25. The molecule has 0 aromatic carbocycles. The van der Waals surface area contributed by atoms with Gasteiger partial charge in [0.1, 0.15) is 6.10 Å². The van der Waals surface area contributed by atoms with Crippen LogP contribution in [0.4, 0.5) is 5.69 Å². The van der Waals surface area contributed by atoms with Gasteiger partial charge in [0.15, 0.2) is 5.69 Å². The van der Waals surface area contributed by atoms with Gasteiger partial charge in [0.2, 0.25) is 0 Å². The van der Waals surface area contributed by atoms with Crippen molar-refractivity contribution in [2.75, 3.05) is 20.3 Å². The topological polar surface area (TPSA) is 101 Å². The van der Waals surface area contributed by atoms with Gasteiger partial charge in [0, 0.05) is 12.5 Å². The molecule has 8 heteroatoms. The van der Waals surface area contributed by atoms with Crippen LogP contribution in [0.25, 0.3) is 0 Å². The van der Waals surface area contributed by atoms with Crippen LogP contribution in [0.2, 0.25) is 0 Å². The third-order valence-electron chi connectivity index (χ3n) is 2.60. The summed E-state index contributed by atoms with van der Waals surface area (Å²) in [5, 5.41) is 10.9. The Morgan fingerprint density at radius 3 is 2.95 bits per heavy atom. The molecule has 1 atom stereocenters. The van der Waals surface area contributed by atoms with Gasteiger partial charge in [-0.1, -0.05) is 0 Å². The Kier molecular flexibility index (Phi) is 3.91. The van der Waals surface area contributed by atoms with Crippen molar-refractivity contribution in [1.82, 2.24) is 4.98 Å². The van der Waals surface area contributed by atoms with E-state index in [2.05, 4.69) is 9.72 Å². The molecule has 1 unspecified atom stereocenters. The lowest BCUT2D eigenvalue weighted by Gasteiger charge is -2.11. The van der Waals surface area contributed by atoms with Crippen LogP contribution in [0.5, 0.6) is 5.88 Å². The number of rotatable bonds is 4. The number of pyridine rings is 1. The number of carbonyl (C=O) groups is 1. The molecule has 2 heterocycles. The van der Waals surface area contributed by atoms with Crippen LogP contribution in [0, 0.1) is 10.1 Å². The fourth-order valence-electron chi connectivity index (χ4n) is 1.64. The Bertz CT molecular complexity index is 498. The third kappa shape index (κ3) is 2.97. The maximum Gasteiger partial charge on any atom is 0.356 e. The Morgan fingerprint density at radius 1 is 1.58 bits per heavy atom. The first-order valence-corrected chi connectivity index (χ1v) is 5.60. The van der Waals surface area contributed by atoms with E-state index < -0.39 is 10.9 Å². The van der Waals surface area contributed by atoms with Crippen LogP contribution in [-0.4, -0.2) is 42.3 Å². The maximum atomic E-state index is 11.3. The van der Waals surface area contributed by atoms with E-state index in [0.29, 0.717) is 19.6 Å². The van der Waals surface area contributed by atoms with Crippen LogP contribution >= 0.6 is 0 Å². The largest absolute Gasteiger partial charge is 0.467 e. The number of methoxy groups -OCH3 is 1. The first-order valence-electron chi connectivity index (χ1n) is 5.60. The zero-order chi connectivity index (χ0) is 13.8. The summed E-state index contributed by atoms with van der Waals surface area (Å²) in [6, 6.07) is 2.40. The molecule has 1 aliphatic rings. The van der Waals surface area contributed by atoms with Gasteiger partial charge in [-0.2, -0.15) is 0 Å². The molecule has 1 aliphatic heterocycles. The minimum Gasteiger partial charge on any atom is -0.467 e. The fourth-order valence-corrected chi connectivity index (χ4v) is 1.64. The van der Waals surface area contributed by atoms with Gasteiger partial charge in [-0.15, -0.1) is 0 Å². The number of hydrogen-bond donors (Lipinski definition) is 0. The van der Waals surface area contributed by atoms with Crippen molar-refractivity contribution >= 4 is 11.7 Å². The predicted octanol–water partition coefficient (Wildman–Crippen LogP) is 0.944. The molecule has 0 radical (unpaired) electrons. The van der Waals surface area contributed by atoms with E-state index in [0.717, 1.165) is 0 Å². The second-order valence-electron chi connectivity index (χ2n) is 3.87. The van der Waals surface area contributed by atoms with E-state index in [4.69, 9.17) is 9.47 Å². The number of hydrogen-bond acceptors (Lipinski definition) is 7. The Hall–Kier alpha value is -2.22. The summed E-state index contributed by atoms with van der Waals surface area (Å²) >= 11 is 0. The minimum atomic E-state index is -0.678. The summed E-state index contributed by atoms with van der Waals surface area (Å²) in [6.45, 7) is 0.885. The average molecular weight is 268 g/mol. The normalized spacial score (nSPS) is 18.1. The quantitative estimate of drug-likeness (QED) is 0.455. The molecular formula is C11H12N2O6. The van der Waals surface area contributed by atoms with Crippen LogP contribution < -0.4 is 4.74 Å². The molecule has 1 aromatic heterocycles. The van der Waals surface area contributed by atoms with Crippen molar-refractivity contribution in [3.8, 4) is 5.88 Å². The van der Waals surface area contributed by atoms with Gasteiger partial charge < -0.3 is 14.2 Å². The lowest BCUT2D eigenvalue weighted by molar-refractivity contribution is -0.386. The zero-order valence-electron chi connectivity index (χ0n) is 10.2. The van der Waals surface area contributed by atoms with Gasteiger partial charge in [0.25, 0.3) is 5.88 Å². The van der Waals surface area contributed by atoms with Gasteiger partial charge in [-0.3, -0.25) is 10.1 Å².